The maximum atomic E-state index is 12.1. The molecule has 0 saturated carbocycles. The van der Waals surface area contributed by atoms with Crippen molar-refractivity contribution in [3.05, 3.63) is 17.5 Å². The van der Waals surface area contributed by atoms with Gasteiger partial charge in [-0.15, -0.1) is 4.28 Å². The molecule has 2 unspecified atom stereocenters. The van der Waals surface area contributed by atoms with Crippen molar-refractivity contribution in [2.45, 2.75) is 12.1 Å². The van der Waals surface area contributed by atoms with Gasteiger partial charge < -0.3 is 10.0 Å². The zero-order valence-electron chi connectivity index (χ0n) is 10.6. The van der Waals surface area contributed by atoms with Crippen LogP contribution in [0.4, 0.5) is 4.79 Å². The minimum Gasteiger partial charge on any atom is -0.479 e. The highest BCUT2D eigenvalue weighted by Gasteiger charge is 2.53. The van der Waals surface area contributed by atoms with E-state index in [4.69, 9.17) is 4.55 Å². The fourth-order valence-corrected chi connectivity index (χ4v) is 2.99. The number of carboxylic acids is 1. The minimum absolute atomic E-state index is 0.0794. The van der Waals surface area contributed by atoms with E-state index in [9.17, 15) is 23.1 Å². The summed E-state index contributed by atoms with van der Waals surface area (Å²) in [7, 11) is -3.34. The maximum Gasteiger partial charge on any atom is 0.418 e. The standard InChI is InChI=1S/C9H10N4O7S/c1-11-2-4-5-3-12(7(8(14)15)6(4)10-11)9(16)13(5)20-21(17,18)19/h2,5,7H,3H2,1H3,(H,14,15)(H,17,18,19). The summed E-state index contributed by atoms with van der Waals surface area (Å²) in [5.74, 6) is -1.30. The van der Waals surface area contributed by atoms with Crippen molar-refractivity contribution in [1.29, 1.82) is 0 Å². The lowest BCUT2D eigenvalue weighted by Gasteiger charge is -2.26. The van der Waals surface area contributed by atoms with Gasteiger partial charge >= 0.3 is 22.4 Å². The Bertz CT molecular complexity index is 741. The molecule has 2 aliphatic rings. The van der Waals surface area contributed by atoms with Crippen molar-refractivity contribution < 1.29 is 31.9 Å². The first-order chi connectivity index (χ1) is 9.69. The van der Waals surface area contributed by atoms with Crippen LogP contribution < -0.4 is 0 Å². The average molecular weight is 318 g/mol. The highest BCUT2D eigenvalue weighted by Crippen LogP contribution is 2.43. The smallest absolute Gasteiger partial charge is 0.418 e. The number of hydrogen-bond acceptors (Lipinski definition) is 6. The van der Waals surface area contributed by atoms with E-state index in [0.29, 0.717) is 10.6 Å². The molecule has 0 aliphatic carbocycles. The number of hydrogen-bond donors (Lipinski definition) is 2. The number of fused-ring (bicyclic) bond motifs is 4. The molecule has 1 aromatic heterocycles. The molecule has 0 aromatic carbocycles. The fourth-order valence-electron chi connectivity index (χ4n) is 2.62. The van der Waals surface area contributed by atoms with Crippen molar-refractivity contribution in [1.82, 2.24) is 19.7 Å². The van der Waals surface area contributed by atoms with E-state index in [-0.39, 0.29) is 12.2 Å². The summed E-state index contributed by atoms with van der Waals surface area (Å²) in [6, 6.07) is -3.16. The van der Waals surface area contributed by atoms with Gasteiger partial charge in [0.05, 0.1) is 6.54 Å². The van der Waals surface area contributed by atoms with Gasteiger partial charge in [-0.3, -0.25) is 9.23 Å². The molecule has 0 radical (unpaired) electrons. The third-order valence-corrected chi connectivity index (χ3v) is 3.66. The Balaban J connectivity index is 2.11. The molecule has 3 rings (SSSR count). The number of amides is 2. The monoisotopic (exact) mass is 318 g/mol. The first kappa shape index (κ1) is 13.8. The lowest BCUT2D eigenvalue weighted by molar-refractivity contribution is -0.142. The number of nitrogens with zero attached hydrogens (tertiary/aromatic N) is 4. The molecular formula is C9H10N4O7S. The summed E-state index contributed by atoms with van der Waals surface area (Å²) in [6.45, 7) is -0.0794. The second-order valence-corrected chi connectivity index (χ2v) is 5.67. The molecule has 3 heterocycles. The number of carboxylic acid groups (broad SMARTS) is 1. The number of rotatable bonds is 3. The van der Waals surface area contributed by atoms with Crippen LogP contribution >= 0.6 is 0 Å². The third-order valence-electron chi connectivity index (χ3n) is 3.31. The SMILES string of the molecule is Cn1cc2c(n1)C(C(=O)O)N1CC2N(OS(=O)(=O)O)C1=O. The van der Waals surface area contributed by atoms with Crippen LogP contribution in [0.1, 0.15) is 23.3 Å². The second-order valence-electron chi connectivity index (χ2n) is 4.66. The Kier molecular flexibility index (Phi) is 2.73. The van der Waals surface area contributed by atoms with Gasteiger partial charge in [-0.05, 0) is 0 Å². The number of hydroxylamine groups is 2. The average Bonchev–Trinajstić information content (AvgIpc) is 2.82. The molecule has 114 valence electrons. The topological polar surface area (TPSA) is 142 Å². The normalized spacial score (nSPS) is 24.4. The molecular weight excluding hydrogens is 308 g/mol. The molecule has 1 fully saturated rings. The Morgan fingerprint density at radius 1 is 1.52 bits per heavy atom. The lowest BCUT2D eigenvalue weighted by Crippen LogP contribution is -2.38. The zero-order chi connectivity index (χ0) is 15.5. The van der Waals surface area contributed by atoms with Crippen molar-refractivity contribution in [2.24, 2.45) is 7.05 Å². The summed E-state index contributed by atoms with van der Waals surface area (Å²) >= 11 is 0. The molecule has 2 amide bonds. The molecule has 1 saturated heterocycles. The van der Waals surface area contributed by atoms with Gasteiger partial charge in [0, 0.05) is 18.8 Å². The van der Waals surface area contributed by atoms with E-state index >= 15 is 0 Å². The van der Waals surface area contributed by atoms with E-state index in [1.807, 2.05) is 0 Å². The number of carbonyl (C=O) groups is 2. The van der Waals surface area contributed by atoms with Crippen LogP contribution in [0.5, 0.6) is 0 Å². The van der Waals surface area contributed by atoms with Crippen LogP contribution in [0.15, 0.2) is 6.20 Å². The first-order valence-electron chi connectivity index (χ1n) is 5.72. The number of aromatic nitrogens is 2. The second kappa shape index (κ2) is 4.16. The highest BCUT2D eigenvalue weighted by atomic mass is 32.3. The van der Waals surface area contributed by atoms with Crippen molar-refractivity contribution in [2.75, 3.05) is 6.54 Å². The van der Waals surface area contributed by atoms with E-state index in [1.54, 1.807) is 7.05 Å². The van der Waals surface area contributed by atoms with Crippen molar-refractivity contribution in [3.8, 4) is 0 Å². The molecule has 2 bridgehead atoms. The van der Waals surface area contributed by atoms with Gasteiger partial charge in [-0.1, -0.05) is 0 Å². The van der Waals surface area contributed by atoms with E-state index < -0.39 is 34.5 Å². The Hall–Kier alpha value is -2.18. The van der Waals surface area contributed by atoms with Gasteiger partial charge in [0.1, 0.15) is 11.7 Å². The van der Waals surface area contributed by atoms with Gasteiger partial charge in [0.2, 0.25) is 0 Å². The van der Waals surface area contributed by atoms with Gasteiger partial charge in [0.25, 0.3) is 0 Å². The van der Waals surface area contributed by atoms with Crippen molar-refractivity contribution >= 4 is 22.4 Å². The number of aryl methyl sites for hydroxylation is 1. The van der Waals surface area contributed by atoms with Crippen molar-refractivity contribution in [3.63, 3.8) is 0 Å². The van der Waals surface area contributed by atoms with Crippen LogP contribution in [-0.2, 0) is 26.5 Å². The van der Waals surface area contributed by atoms with E-state index in [1.165, 1.54) is 10.9 Å². The van der Waals surface area contributed by atoms with Gasteiger partial charge in [-0.2, -0.15) is 18.6 Å². The van der Waals surface area contributed by atoms with Gasteiger partial charge in [-0.25, -0.2) is 9.59 Å². The summed E-state index contributed by atoms with van der Waals surface area (Å²) < 4.78 is 36.0. The summed E-state index contributed by atoms with van der Waals surface area (Å²) in [6.07, 6.45) is 1.48. The van der Waals surface area contributed by atoms with Crippen LogP contribution in [0.3, 0.4) is 0 Å². The lowest BCUT2D eigenvalue weighted by atomic mass is 9.98. The molecule has 12 heteroatoms. The molecule has 11 nitrogen and oxygen atoms in total. The Morgan fingerprint density at radius 2 is 2.19 bits per heavy atom. The zero-order valence-corrected chi connectivity index (χ0v) is 11.4. The largest absolute Gasteiger partial charge is 0.479 e. The van der Waals surface area contributed by atoms with Crippen LogP contribution in [0.25, 0.3) is 0 Å². The predicted octanol–water partition coefficient (Wildman–Crippen LogP) is -0.927. The maximum absolute atomic E-state index is 12.1. The summed E-state index contributed by atoms with van der Waals surface area (Å²) in [5.41, 5.74) is 0.492. The van der Waals surface area contributed by atoms with Crippen LogP contribution in [0, 0.1) is 0 Å². The van der Waals surface area contributed by atoms with Crippen LogP contribution in [0.2, 0.25) is 0 Å². The Labute approximate surface area is 118 Å². The number of carbonyl (C=O) groups excluding carboxylic acids is 1. The highest BCUT2D eigenvalue weighted by molar-refractivity contribution is 7.80. The molecule has 2 N–H and O–H groups in total. The van der Waals surface area contributed by atoms with E-state index in [0.717, 1.165) is 4.90 Å². The summed E-state index contributed by atoms with van der Waals surface area (Å²) in [4.78, 5) is 24.4. The molecule has 0 spiro atoms. The number of urea groups is 1. The molecule has 2 atom stereocenters. The Morgan fingerprint density at radius 3 is 2.76 bits per heavy atom. The van der Waals surface area contributed by atoms with Gasteiger partial charge in [0.15, 0.2) is 6.04 Å². The third kappa shape index (κ3) is 2.03. The molecule has 21 heavy (non-hydrogen) atoms. The van der Waals surface area contributed by atoms with E-state index in [2.05, 4.69) is 9.38 Å². The first-order valence-corrected chi connectivity index (χ1v) is 7.08. The quantitative estimate of drug-likeness (QED) is 0.681. The summed E-state index contributed by atoms with van der Waals surface area (Å²) in [5, 5.41) is 13.7. The molecule has 2 aliphatic heterocycles. The fraction of sp³-hybridized carbons (Fsp3) is 0.444. The predicted molar refractivity (Wildman–Crippen MR) is 62.9 cm³/mol. The van der Waals surface area contributed by atoms with Crippen LogP contribution in [-0.4, -0.2) is 56.4 Å². The number of aliphatic carboxylic acids is 1. The minimum atomic E-state index is -4.91. The molecule has 1 aromatic rings.